The number of aromatic nitrogens is 3. The average Bonchev–Trinajstić information content (AvgIpc) is 2.84. The number of piperidine rings is 1. The van der Waals surface area contributed by atoms with Crippen molar-refractivity contribution >= 4 is 11.9 Å². The molecule has 1 aromatic carbocycles. The van der Waals surface area contributed by atoms with Crippen molar-refractivity contribution in [3.05, 3.63) is 72.1 Å². The predicted octanol–water partition coefficient (Wildman–Crippen LogP) is 3.59. The second kappa shape index (κ2) is 10.5. The summed E-state index contributed by atoms with van der Waals surface area (Å²) in [6, 6.07) is 12.0. The van der Waals surface area contributed by atoms with Crippen LogP contribution in [0.25, 0.3) is 11.1 Å². The third-order valence-corrected chi connectivity index (χ3v) is 5.83. The molecule has 1 atom stereocenters. The van der Waals surface area contributed by atoms with Crippen LogP contribution in [0.5, 0.6) is 0 Å². The number of nitrogens with zero attached hydrogens (tertiary/aromatic N) is 5. The molecule has 1 N–H and O–H groups in total. The molecular weight excluding hydrogens is 419 g/mol. The number of nitrogens with one attached hydrogen (secondary N) is 1. The Morgan fingerprint density at radius 1 is 1.15 bits per heavy atom. The van der Waals surface area contributed by atoms with Crippen molar-refractivity contribution in [3.8, 4) is 11.1 Å². The topological polar surface area (TPSA) is 74.2 Å². The van der Waals surface area contributed by atoms with Gasteiger partial charge >= 0.3 is 0 Å². The smallest absolute Gasteiger partial charge is 0.234 e. The predicted molar refractivity (Wildman–Crippen MR) is 126 cm³/mol. The maximum Gasteiger partial charge on any atom is 0.234 e. The van der Waals surface area contributed by atoms with Gasteiger partial charge in [-0.2, -0.15) is 0 Å². The number of hydrogen-bond donors (Lipinski definition) is 1. The van der Waals surface area contributed by atoms with E-state index in [0.29, 0.717) is 12.5 Å². The van der Waals surface area contributed by atoms with Crippen LogP contribution in [0.4, 0.5) is 10.3 Å². The van der Waals surface area contributed by atoms with Crippen LogP contribution in [0, 0.1) is 5.82 Å². The van der Waals surface area contributed by atoms with E-state index in [-0.39, 0.29) is 24.3 Å². The minimum Gasteiger partial charge on any atom is -0.349 e. The Hall–Kier alpha value is -3.39. The van der Waals surface area contributed by atoms with Crippen LogP contribution in [0.3, 0.4) is 0 Å². The second-order valence-electron chi connectivity index (χ2n) is 8.45. The fourth-order valence-electron chi connectivity index (χ4n) is 4.13. The average molecular weight is 449 g/mol. The highest BCUT2D eigenvalue weighted by molar-refractivity contribution is 5.78. The van der Waals surface area contributed by atoms with Crippen molar-refractivity contribution < 1.29 is 9.18 Å². The summed E-state index contributed by atoms with van der Waals surface area (Å²) in [5.74, 6) is 0.286. The number of amides is 1. The van der Waals surface area contributed by atoms with E-state index in [0.717, 1.165) is 48.3 Å². The number of anilines is 1. The summed E-state index contributed by atoms with van der Waals surface area (Å²) in [6.45, 7) is 1.49. The number of halogens is 1. The molecule has 0 saturated carbocycles. The van der Waals surface area contributed by atoms with Gasteiger partial charge in [0.1, 0.15) is 5.82 Å². The van der Waals surface area contributed by atoms with Gasteiger partial charge in [-0.1, -0.05) is 24.6 Å². The molecule has 8 heteroatoms. The molecule has 0 radical (unpaired) electrons. The minimum absolute atomic E-state index is 0.0268. The lowest BCUT2D eigenvalue weighted by Crippen LogP contribution is -2.42. The van der Waals surface area contributed by atoms with E-state index >= 15 is 0 Å². The summed E-state index contributed by atoms with van der Waals surface area (Å²) in [6.07, 6.45) is 6.50. The van der Waals surface area contributed by atoms with Gasteiger partial charge < -0.3 is 10.2 Å². The molecule has 1 amide bonds. The SMILES string of the molecule is CN(C)c1ncc(-c2ccc(F)cc2)c(C2CCCCN2CC(=O)NCc2ccccn2)n1. The van der Waals surface area contributed by atoms with Gasteiger partial charge in [0.25, 0.3) is 0 Å². The van der Waals surface area contributed by atoms with Gasteiger partial charge in [-0.25, -0.2) is 14.4 Å². The Labute approximate surface area is 193 Å². The number of carbonyl (C=O) groups excluding carboxylic acids is 1. The first-order valence-corrected chi connectivity index (χ1v) is 11.2. The molecular formula is C25H29FN6O. The second-order valence-corrected chi connectivity index (χ2v) is 8.45. The lowest BCUT2D eigenvalue weighted by Gasteiger charge is -2.36. The maximum absolute atomic E-state index is 13.5. The molecule has 3 aromatic rings. The minimum atomic E-state index is -0.282. The van der Waals surface area contributed by atoms with Crippen LogP contribution >= 0.6 is 0 Å². The van der Waals surface area contributed by atoms with Crippen LogP contribution in [0.1, 0.15) is 36.7 Å². The first-order chi connectivity index (χ1) is 16.0. The molecule has 1 aliphatic heterocycles. The molecule has 1 saturated heterocycles. The van der Waals surface area contributed by atoms with Gasteiger partial charge in [0.2, 0.25) is 11.9 Å². The Morgan fingerprint density at radius 2 is 1.97 bits per heavy atom. The summed E-state index contributed by atoms with van der Waals surface area (Å²) >= 11 is 0. The lowest BCUT2D eigenvalue weighted by atomic mass is 9.93. The molecule has 1 aliphatic rings. The van der Waals surface area contributed by atoms with E-state index in [1.807, 2.05) is 37.2 Å². The third-order valence-electron chi connectivity index (χ3n) is 5.83. The quantitative estimate of drug-likeness (QED) is 0.596. The Morgan fingerprint density at radius 3 is 2.70 bits per heavy atom. The number of carbonyl (C=O) groups is 1. The molecule has 0 bridgehead atoms. The first-order valence-electron chi connectivity index (χ1n) is 11.2. The first kappa shape index (κ1) is 22.8. The van der Waals surface area contributed by atoms with Crippen molar-refractivity contribution in [3.63, 3.8) is 0 Å². The van der Waals surface area contributed by atoms with E-state index in [4.69, 9.17) is 4.98 Å². The van der Waals surface area contributed by atoms with Crippen molar-refractivity contribution in [2.45, 2.75) is 31.8 Å². The largest absolute Gasteiger partial charge is 0.349 e. The van der Waals surface area contributed by atoms with E-state index in [2.05, 4.69) is 20.2 Å². The molecule has 4 rings (SSSR count). The van der Waals surface area contributed by atoms with E-state index in [9.17, 15) is 9.18 Å². The van der Waals surface area contributed by atoms with Crippen molar-refractivity contribution in [1.29, 1.82) is 0 Å². The highest BCUT2D eigenvalue weighted by Gasteiger charge is 2.29. The fourth-order valence-corrected chi connectivity index (χ4v) is 4.13. The van der Waals surface area contributed by atoms with Gasteiger partial charge in [0.05, 0.1) is 30.5 Å². The van der Waals surface area contributed by atoms with Crippen LogP contribution in [0.15, 0.2) is 54.9 Å². The number of benzene rings is 1. The lowest BCUT2D eigenvalue weighted by molar-refractivity contribution is -0.123. The Bertz CT molecular complexity index is 1070. The van der Waals surface area contributed by atoms with Crippen LogP contribution in [0.2, 0.25) is 0 Å². The number of rotatable bonds is 7. The summed E-state index contributed by atoms with van der Waals surface area (Å²) in [5.41, 5.74) is 3.43. The van der Waals surface area contributed by atoms with Crippen molar-refractivity contribution in [2.24, 2.45) is 0 Å². The van der Waals surface area contributed by atoms with Crippen LogP contribution in [-0.4, -0.2) is 52.9 Å². The number of pyridine rings is 1. The zero-order valence-electron chi connectivity index (χ0n) is 19.0. The maximum atomic E-state index is 13.5. The Kier molecular flexibility index (Phi) is 7.24. The van der Waals surface area contributed by atoms with Crippen LogP contribution < -0.4 is 10.2 Å². The van der Waals surface area contributed by atoms with E-state index < -0.39 is 0 Å². The van der Waals surface area contributed by atoms with Gasteiger partial charge in [0.15, 0.2) is 0 Å². The summed E-state index contributed by atoms with van der Waals surface area (Å²) < 4.78 is 13.5. The highest BCUT2D eigenvalue weighted by Crippen LogP contribution is 2.36. The molecule has 0 aliphatic carbocycles. The molecule has 1 fully saturated rings. The normalized spacial score (nSPS) is 16.4. The summed E-state index contributed by atoms with van der Waals surface area (Å²) in [5, 5.41) is 2.97. The van der Waals surface area contributed by atoms with Gasteiger partial charge in [0, 0.05) is 32.1 Å². The molecule has 1 unspecified atom stereocenters. The highest BCUT2D eigenvalue weighted by atomic mass is 19.1. The molecule has 0 spiro atoms. The molecule has 172 valence electrons. The standard InChI is InChI=1S/C25H29FN6O/c1-31(2)25-29-16-21(18-9-11-19(26)12-10-18)24(30-25)22-8-4-6-14-32(22)17-23(33)28-15-20-7-3-5-13-27-20/h3,5,7,9-13,16,22H,4,6,8,14-15,17H2,1-2H3,(H,28,33). The van der Waals surface area contributed by atoms with E-state index in [1.54, 1.807) is 24.5 Å². The van der Waals surface area contributed by atoms with Gasteiger partial charge in [-0.15, -0.1) is 0 Å². The molecule has 2 aromatic heterocycles. The van der Waals surface area contributed by atoms with Crippen molar-refractivity contribution in [2.75, 3.05) is 32.1 Å². The summed E-state index contributed by atoms with van der Waals surface area (Å²) in [7, 11) is 3.81. The molecule has 33 heavy (non-hydrogen) atoms. The third kappa shape index (κ3) is 5.70. The fraction of sp³-hybridized carbons (Fsp3) is 0.360. The monoisotopic (exact) mass is 448 g/mol. The van der Waals surface area contributed by atoms with Gasteiger partial charge in [-0.3, -0.25) is 14.7 Å². The van der Waals surface area contributed by atoms with Crippen LogP contribution in [-0.2, 0) is 11.3 Å². The zero-order chi connectivity index (χ0) is 23.2. The van der Waals surface area contributed by atoms with Gasteiger partial charge in [-0.05, 0) is 49.2 Å². The summed E-state index contributed by atoms with van der Waals surface area (Å²) in [4.78, 5) is 30.5. The zero-order valence-corrected chi connectivity index (χ0v) is 19.0. The number of hydrogen-bond acceptors (Lipinski definition) is 6. The Balaban J connectivity index is 1.58. The molecule has 3 heterocycles. The van der Waals surface area contributed by atoms with E-state index in [1.165, 1.54) is 12.1 Å². The van der Waals surface area contributed by atoms with Crippen molar-refractivity contribution in [1.82, 2.24) is 25.2 Å². The number of likely N-dealkylation sites (tertiary alicyclic amines) is 1. The molecule has 7 nitrogen and oxygen atoms in total.